The molecule has 0 atom stereocenters. The van der Waals surface area contributed by atoms with Crippen LogP contribution < -0.4 is 0 Å². The number of nitrogens with one attached hydrogen (secondary N) is 1. The lowest BCUT2D eigenvalue weighted by Gasteiger charge is -2.00. The molecule has 0 spiro atoms. The van der Waals surface area contributed by atoms with Crippen molar-refractivity contribution in [1.82, 2.24) is 4.98 Å². The molecule has 1 aliphatic carbocycles. The summed E-state index contributed by atoms with van der Waals surface area (Å²) in [5.41, 5.74) is 3.53. The number of H-pyrrole nitrogens is 1. The predicted molar refractivity (Wildman–Crippen MR) is 72.6 cm³/mol. The number of hydrogen-bond donors (Lipinski definition) is 1. The lowest BCUT2D eigenvalue weighted by atomic mass is 10.1. The van der Waals surface area contributed by atoms with Gasteiger partial charge >= 0.3 is 0 Å². The van der Waals surface area contributed by atoms with Crippen LogP contribution in [0.5, 0.6) is 0 Å². The van der Waals surface area contributed by atoms with Crippen molar-refractivity contribution in [3.8, 4) is 0 Å². The summed E-state index contributed by atoms with van der Waals surface area (Å²) in [6.07, 6.45) is 5.66. The molecule has 3 rings (SSSR count). The minimum Gasteiger partial charge on any atom is -0.358 e. The lowest BCUT2D eigenvalue weighted by molar-refractivity contribution is 0.609. The summed E-state index contributed by atoms with van der Waals surface area (Å²) in [6.45, 7) is 0. The first kappa shape index (κ1) is 12.1. The Labute approximate surface area is 111 Å². The number of aromatic nitrogens is 1. The Kier molecular flexibility index (Phi) is 2.87. The minimum atomic E-state index is -3.65. The molecule has 1 aliphatic rings. The van der Waals surface area contributed by atoms with Gasteiger partial charge in [0, 0.05) is 27.3 Å². The monoisotopic (exact) mass is 283 g/mol. The van der Waals surface area contributed by atoms with Crippen LogP contribution in [0.4, 0.5) is 0 Å². The third-order valence-electron chi connectivity index (χ3n) is 3.60. The molecule has 96 valence electrons. The van der Waals surface area contributed by atoms with Crippen molar-refractivity contribution in [2.75, 3.05) is 0 Å². The van der Waals surface area contributed by atoms with Crippen LogP contribution in [0.2, 0.25) is 0 Å². The van der Waals surface area contributed by atoms with Crippen LogP contribution in [0.15, 0.2) is 23.1 Å². The van der Waals surface area contributed by atoms with Gasteiger partial charge in [-0.1, -0.05) is 6.42 Å². The number of fused-ring (bicyclic) bond motifs is 3. The van der Waals surface area contributed by atoms with E-state index in [4.69, 9.17) is 10.7 Å². The average Bonchev–Trinajstić information content (AvgIpc) is 2.50. The summed E-state index contributed by atoms with van der Waals surface area (Å²) in [4.78, 5) is 3.58. The van der Waals surface area contributed by atoms with Gasteiger partial charge in [-0.05, 0) is 49.4 Å². The van der Waals surface area contributed by atoms with E-state index >= 15 is 0 Å². The molecule has 0 aliphatic heterocycles. The van der Waals surface area contributed by atoms with Crippen molar-refractivity contribution in [1.29, 1.82) is 0 Å². The molecule has 1 aromatic carbocycles. The number of hydrogen-bond acceptors (Lipinski definition) is 2. The first-order chi connectivity index (χ1) is 8.55. The van der Waals surface area contributed by atoms with Crippen molar-refractivity contribution < 1.29 is 8.42 Å². The van der Waals surface area contributed by atoms with Crippen molar-refractivity contribution in [3.05, 3.63) is 29.5 Å². The highest BCUT2D eigenvalue weighted by Gasteiger charge is 2.17. The van der Waals surface area contributed by atoms with Crippen LogP contribution in [-0.2, 0) is 21.9 Å². The zero-order valence-corrected chi connectivity index (χ0v) is 11.4. The van der Waals surface area contributed by atoms with Gasteiger partial charge in [0.1, 0.15) is 0 Å². The molecule has 18 heavy (non-hydrogen) atoms. The maximum absolute atomic E-state index is 11.4. The predicted octanol–water partition coefficient (Wildman–Crippen LogP) is 3.36. The Hall–Kier alpha value is -1.00. The van der Waals surface area contributed by atoms with Gasteiger partial charge in [0.2, 0.25) is 0 Å². The van der Waals surface area contributed by atoms with Crippen molar-refractivity contribution in [2.24, 2.45) is 0 Å². The smallest absolute Gasteiger partial charge is 0.261 e. The van der Waals surface area contributed by atoms with Crippen molar-refractivity contribution in [2.45, 2.75) is 37.0 Å². The molecule has 0 saturated heterocycles. The second-order valence-corrected chi connectivity index (χ2v) is 7.35. The van der Waals surface area contributed by atoms with Crippen LogP contribution in [0.1, 0.15) is 30.5 Å². The summed E-state index contributed by atoms with van der Waals surface area (Å²) in [5, 5.41) is 1.01. The first-order valence-corrected chi connectivity index (χ1v) is 8.45. The SMILES string of the molecule is O=S(=O)(Cl)c1ccc2[nH]c3c(c2c1)CCCCC3. The van der Waals surface area contributed by atoms with Gasteiger partial charge in [-0.15, -0.1) is 0 Å². The molecule has 0 saturated carbocycles. The summed E-state index contributed by atoms with van der Waals surface area (Å²) >= 11 is 0. The fraction of sp³-hybridized carbons (Fsp3) is 0.385. The summed E-state index contributed by atoms with van der Waals surface area (Å²) < 4.78 is 22.8. The van der Waals surface area contributed by atoms with Gasteiger partial charge < -0.3 is 4.98 Å². The van der Waals surface area contributed by atoms with Gasteiger partial charge in [-0.2, -0.15) is 0 Å². The molecular formula is C13H14ClNO2S. The van der Waals surface area contributed by atoms with Gasteiger partial charge in [-0.3, -0.25) is 0 Å². The van der Waals surface area contributed by atoms with E-state index in [1.807, 2.05) is 0 Å². The number of rotatable bonds is 1. The lowest BCUT2D eigenvalue weighted by Crippen LogP contribution is -1.90. The zero-order valence-electron chi connectivity index (χ0n) is 9.87. The number of aromatic amines is 1. The topological polar surface area (TPSA) is 49.9 Å². The average molecular weight is 284 g/mol. The highest BCUT2D eigenvalue weighted by atomic mass is 35.7. The van der Waals surface area contributed by atoms with E-state index < -0.39 is 9.05 Å². The van der Waals surface area contributed by atoms with E-state index in [0.29, 0.717) is 0 Å². The largest absolute Gasteiger partial charge is 0.358 e. The highest BCUT2D eigenvalue weighted by Crippen LogP contribution is 2.30. The molecule has 0 fully saturated rings. The molecule has 3 nitrogen and oxygen atoms in total. The number of aryl methyl sites for hydroxylation is 2. The van der Waals surface area contributed by atoms with Crippen molar-refractivity contribution >= 4 is 30.6 Å². The molecule has 1 N–H and O–H groups in total. The number of halogens is 1. The molecule has 1 aromatic heterocycles. The van der Waals surface area contributed by atoms with Crippen LogP contribution in [0.25, 0.3) is 10.9 Å². The summed E-state index contributed by atoms with van der Waals surface area (Å²) in [5.74, 6) is 0. The molecule has 0 amide bonds. The maximum Gasteiger partial charge on any atom is 0.261 e. The molecule has 2 aromatic rings. The van der Waals surface area contributed by atoms with E-state index in [2.05, 4.69) is 4.98 Å². The second kappa shape index (κ2) is 4.28. The van der Waals surface area contributed by atoms with E-state index in [9.17, 15) is 8.42 Å². The van der Waals surface area contributed by atoms with Crippen LogP contribution in [-0.4, -0.2) is 13.4 Å². The Bertz CT molecular complexity index is 703. The Morgan fingerprint density at radius 1 is 1.11 bits per heavy atom. The quantitative estimate of drug-likeness (QED) is 0.644. The van der Waals surface area contributed by atoms with Crippen LogP contribution >= 0.6 is 10.7 Å². The molecular weight excluding hydrogens is 270 g/mol. The maximum atomic E-state index is 11.4. The first-order valence-electron chi connectivity index (χ1n) is 6.14. The molecule has 0 bridgehead atoms. The molecule has 0 radical (unpaired) electrons. The zero-order chi connectivity index (χ0) is 12.8. The standard InChI is InChI=1S/C13H14ClNO2S/c14-18(16,17)9-6-7-13-11(8-9)10-4-2-1-3-5-12(10)15-13/h6-8,15H,1-5H2. The van der Waals surface area contributed by atoms with E-state index in [0.717, 1.165) is 30.2 Å². The second-order valence-electron chi connectivity index (χ2n) is 4.79. The van der Waals surface area contributed by atoms with Crippen LogP contribution in [0.3, 0.4) is 0 Å². The third-order valence-corrected chi connectivity index (χ3v) is 4.95. The van der Waals surface area contributed by atoms with E-state index in [1.54, 1.807) is 18.2 Å². The normalized spacial score (nSPS) is 16.5. The number of benzene rings is 1. The Morgan fingerprint density at radius 2 is 1.89 bits per heavy atom. The fourth-order valence-electron chi connectivity index (χ4n) is 2.71. The Morgan fingerprint density at radius 3 is 2.67 bits per heavy atom. The summed E-state index contributed by atoms with van der Waals surface area (Å²) in [6, 6.07) is 5.05. The van der Waals surface area contributed by atoms with Gasteiger partial charge in [0.25, 0.3) is 9.05 Å². The third kappa shape index (κ3) is 2.04. The van der Waals surface area contributed by atoms with Gasteiger partial charge in [0.15, 0.2) is 0 Å². The Balaban J connectivity index is 2.24. The minimum absolute atomic E-state index is 0.183. The summed E-state index contributed by atoms with van der Waals surface area (Å²) in [7, 11) is 1.75. The molecule has 1 heterocycles. The van der Waals surface area contributed by atoms with Crippen LogP contribution in [0, 0.1) is 0 Å². The highest BCUT2D eigenvalue weighted by molar-refractivity contribution is 8.13. The fourth-order valence-corrected chi connectivity index (χ4v) is 3.49. The molecule has 5 heteroatoms. The van der Waals surface area contributed by atoms with Gasteiger partial charge in [-0.25, -0.2) is 8.42 Å². The van der Waals surface area contributed by atoms with Gasteiger partial charge in [0.05, 0.1) is 4.90 Å². The van der Waals surface area contributed by atoms with E-state index in [1.165, 1.54) is 24.1 Å². The van der Waals surface area contributed by atoms with E-state index in [-0.39, 0.29) is 4.90 Å². The molecule has 0 unspecified atom stereocenters. The van der Waals surface area contributed by atoms with Crippen molar-refractivity contribution in [3.63, 3.8) is 0 Å².